The van der Waals surface area contributed by atoms with Crippen LogP contribution < -0.4 is 0 Å². The molecule has 51 heavy (non-hydrogen) atoms. The van der Waals surface area contributed by atoms with Gasteiger partial charge in [-0.2, -0.15) is 0 Å². The second-order valence-electron chi connectivity index (χ2n) is 11.1. The maximum absolute atomic E-state index is 9.73. The standard InChI is InChI=1S/C48H28N2S/c1-2-12-38-37(11-1)36(22-23-39(38)42-24-19-33-16-15-32-10-5-27-49-47(32)48(33)50-42)34-8-4-9-35(28-34)43-25-26-44(51-43)40-20-17-31-14-13-29-6-3-7-30-18-21-41(40)46(31)45(29)30/h1-28H/i1D,2D,3D,4D,5D,6D,7D,8D,9D,10D,11D,12D,13D,14D,15D,16D,17D,18D,19D,20D,21D,22D,23D,24D,25D,26D,27D,28D. The smallest absolute Gasteiger partial charge is 0.0972 e. The van der Waals surface area contributed by atoms with Crippen LogP contribution in [0.5, 0.6) is 0 Å². The molecule has 0 bridgehead atoms. The van der Waals surface area contributed by atoms with Gasteiger partial charge in [0.15, 0.2) is 0 Å². The Hall–Kier alpha value is -6.42. The quantitative estimate of drug-likeness (QED) is 0.172. The van der Waals surface area contributed by atoms with E-state index in [1.165, 1.54) is 0 Å². The summed E-state index contributed by atoms with van der Waals surface area (Å²) >= 11 is 0.440. The monoisotopic (exact) mass is 692 g/mol. The van der Waals surface area contributed by atoms with Crippen molar-refractivity contribution in [1.82, 2.24) is 9.97 Å². The van der Waals surface area contributed by atoms with Gasteiger partial charge in [-0.15, -0.1) is 11.3 Å². The molecule has 3 heteroatoms. The summed E-state index contributed by atoms with van der Waals surface area (Å²) in [5.74, 6) is 0. The molecule has 0 aliphatic rings. The van der Waals surface area contributed by atoms with Crippen molar-refractivity contribution in [2.75, 3.05) is 0 Å². The van der Waals surface area contributed by atoms with Gasteiger partial charge < -0.3 is 0 Å². The lowest BCUT2D eigenvalue weighted by atomic mass is 9.91. The zero-order chi connectivity index (χ0) is 57.8. The minimum Gasteiger partial charge on any atom is -0.254 e. The number of thiophene rings is 1. The van der Waals surface area contributed by atoms with E-state index in [0.29, 0.717) is 11.3 Å². The number of hydrogen-bond acceptors (Lipinski definition) is 3. The van der Waals surface area contributed by atoms with Crippen molar-refractivity contribution >= 4 is 76.2 Å². The van der Waals surface area contributed by atoms with Gasteiger partial charge in [-0.1, -0.05) is 133 Å². The molecule has 8 aromatic carbocycles. The molecule has 11 aromatic rings. The second kappa shape index (κ2) is 11.0. The van der Waals surface area contributed by atoms with Gasteiger partial charge in [0.2, 0.25) is 0 Å². The summed E-state index contributed by atoms with van der Waals surface area (Å²) in [4.78, 5) is 7.61. The van der Waals surface area contributed by atoms with Crippen LogP contribution in [0.25, 0.3) is 108 Å². The van der Waals surface area contributed by atoms with Gasteiger partial charge in [-0.3, -0.25) is 4.98 Å². The largest absolute Gasteiger partial charge is 0.254 e. The van der Waals surface area contributed by atoms with Crippen molar-refractivity contribution in [1.29, 1.82) is 0 Å². The van der Waals surface area contributed by atoms with Crippen LogP contribution in [0.4, 0.5) is 0 Å². The van der Waals surface area contributed by atoms with Gasteiger partial charge in [-0.25, -0.2) is 4.98 Å². The molecule has 0 unspecified atom stereocenters. The molecule has 0 saturated carbocycles. The summed E-state index contributed by atoms with van der Waals surface area (Å²) in [6, 6.07) is -21.9. The summed E-state index contributed by atoms with van der Waals surface area (Å²) in [7, 11) is 0. The van der Waals surface area contributed by atoms with Crippen LogP contribution in [0.3, 0.4) is 0 Å². The van der Waals surface area contributed by atoms with Gasteiger partial charge in [0, 0.05) is 32.3 Å². The average Bonchev–Trinajstić information content (AvgIpc) is 3.03. The molecule has 2 nitrogen and oxygen atoms in total. The number of nitrogens with zero attached hydrogens (tertiary/aromatic N) is 2. The van der Waals surface area contributed by atoms with Crippen molar-refractivity contribution < 1.29 is 38.4 Å². The average molecular weight is 693 g/mol. The molecule has 0 amide bonds. The van der Waals surface area contributed by atoms with Crippen LogP contribution in [0, 0.1) is 0 Å². The van der Waals surface area contributed by atoms with E-state index in [1.807, 2.05) is 0 Å². The topological polar surface area (TPSA) is 25.8 Å². The SMILES string of the molecule is [2H]c1nc2c(c([2H])c1[2H])c([2H])c([2H])c1c([2H])c([2H])c(-c3c([2H])c([2H])c(-c4c([2H])c([2H])c([2H])c(-c5sc(-c6c([2H])c([2H])c7c([2H])c([2H])c8c([2H])c([2H])c([2H])c9c([2H])c([2H])c6c7c89)c([2H])c5[2H])c4[2H])c4c([2H])c([2H])c([2H])c([2H])c34)nc12. The van der Waals surface area contributed by atoms with Crippen molar-refractivity contribution in [3.8, 4) is 43.3 Å². The fraction of sp³-hybridized carbons (Fsp3) is 0. The third-order valence-electron chi connectivity index (χ3n) is 8.32. The third kappa shape index (κ3) is 4.42. The number of aromatic nitrogens is 2. The molecule has 3 aromatic heterocycles. The molecule has 0 atom stereocenters. The predicted molar refractivity (Wildman–Crippen MR) is 218 cm³/mol. The van der Waals surface area contributed by atoms with E-state index < -0.39 is 240 Å². The third-order valence-corrected chi connectivity index (χ3v) is 9.34. The van der Waals surface area contributed by atoms with Crippen LogP contribution in [-0.4, -0.2) is 9.97 Å². The molecule has 0 spiro atoms. The Morgan fingerprint density at radius 3 is 1.92 bits per heavy atom. The highest BCUT2D eigenvalue weighted by molar-refractivity contribution is 7.19. The minimum atomic E-state index is -1.02. The van der Waals surface area contributed by atoms with E-state index in [0.717, 1.165) is 0 Å². The van der Waals surface area contributed by atoms with Gasteiger partial charge >= 0.3 is 0 Å². The summed E-state index contributed by atoms with van der Waals surface area (Å²) in [5, 5.41) is -4.12. The molecule has 0 radical (unpaired) electrons. The number of hydrogen-bond donors (Lipinski definition) is 0. The highest BCUT2D eigenvalue weighted by atomic mass is 32.1. The first kappa shape index (κ1) is 12.4. The van der Waals surface area contributed by atoms with E-state index in [4.69, 9.17) is 24.7 Å². The van der Waals surface area contributed by atoms with Crippen molar-refractivity contribution in [3.05, 3.63) is 169 Å². The lowest BCUT2D eigenvalue weighted by molar-refractivity contribution is 1.37. The van der Waals surface area contributed by atoms with Crippen LogP contribution >= 0.6 is 11.3 Å². The Bertz CT molecular complexity index is 4740. The summed E-state index contributed by atoms with van der Waals surface area (Å²) in [6.45, 7) is 0. The summed E-state index contributed by atoms with van der Waals surface area (Å²) in [6.07, 6.45) is -0.760. The fourth-order valence-corrected chi connectivity index (χ4v) is 6.91. The van der Waals surface area contributed by atoms with Crippen LogP contribution in [0.1, 0.15) is 38.4 Å². The van der Waals surface area contributed by atoms with Crippen LogP contribution in [0.15, 0.2) is 169 Å². The van der Waals surface area contributed by atoms with Gasteiger partial charge in [-0.05, 0) is 95.6 Å². The zero-order valence-electron chi connectivity index (χ0n) is 53.3. The number of fused-ring (bicyclic) bond motifs is 4. The van der Waals surface area contributed by atoms with Crippen molar-refractivity contribution in [3.63, 3.8) is 0 Å². The first-order valence-corrected chi connectivity index (χ1v) is 15.9. The fourth-order valence-electron chi connectivity index (χ4n) is 6.04. The molecule has 0 N–H and O–H groups in total. The van der Waals surface area contributed by atoms with Crippen LogP contribution in [0.2, 0.25) is 0 Å². The molecular weight excluding hydrogens is 637 g/mol. The summed E-state index contributed by atoms with van der Waals surface area (Å²) < 4.78 is 252. The first-order chi connectivity index (χ1) is 36.9. The van der Waals surface area contributed by atoms with Crippen molar-refractivity contribution in [2.24, 2.45) is 0 Å². The normalized spacial score (nSPS) is 19.6. The maximum Gasteiger partial charge on any atom is 0.0972 e. The van der Waals surface area contributed by atoms with E-state index in [2.05, 4.69) is 9.97 Å². The van der Waals surface area contributed by atoms with Crippen molar-refractivity contribution in [2.45, 2.75) is 0 Å². The van der Waals surface area contributed by atoms with E-state index in [1.54, 1.807) is 0 Å². The molecule has 236 valence electrons. The predicted octanol–water partition coefficient (Wildman–Crippen LogP) is 13.6. The van der Waals surface area contributed by atoms with Gasteiger partial charge in [0.1, 0.15) is 0 Å². The molecule has 0 saturated heterocycles. The Morgan fingerprint density at radius 1 is 0.412 bits per heavy atom. The molecule has 0 aliphatic heterocycles. The number of rotatable bonds is 4. The van der Waals surface area contributed by atoms with Gasteiger partial charge in [0.05, 0.1) is 55.1 Å². The zero-order valence-corrected chi connectivity index (χ0v) is 26.1. The van der Waals surface area contributed by atoms with E-state index in [-0.39, 0.29) is 37.2 Å². The first-order valence-electron chi connectivity index (χ1n) is 29.1. The number of benzene rings is 8. The molecular formula is C48H28N2S. The Labute approximate surface area is 337 Å². The Balaban J connectivity index is 1.23. The molecule has 0 aliphatic carbocycles. The Kier molecular flexibility index (Phi) is 2.69. The molecule has 11 rings (SSSR count). The van der Waals surface area contributed by atoms with Crippen LogP contribution in [-0.2, 0) is 0 Å². The second-order valence-corrected chi connectivity index (χ2v) is 12.2. The lowest BCUT2D eigenvalue weighted by Crippen LogP contribution is -1.91. The van der Waals surface area contributed by atoms with E-state index >= 15 is 0 Å². The molecule has 0 fully saturated rings. The molecule has 3 heterocycles. The highest BCUT2D eigenvalue weighted by Gasteiger charge is 2.16. The Morgan fingerprint density at radius 2 is 1.04 bits per heavy atom. The van der Waals surface area contributed by atoms with Gasteiger partial charge in [0.25, 0.3) is 0 Å². The van der Waals surface area contributed by atoms with E-state index in [9.17, 15) is 13.7 Å². The number of pyridine rings is 2. The highest BCUT2D eigenvalue weighted by Crippen LogP contribution is 2.43. The maximum atomic E-state index is 9.73. The summed E-state index contributed by atoms with van der Waals surface area (Å²) in [5.41, 5.74) is -4.98. The minimum absolute atomic E-state index is 0.200. The lowest BCUT2D eigenvalue weighted by Gasteiger charge is -2.13.